The Morgan fingerprint density at radius 3 is 1.20 bits per heavy atom. The van der Waals surface area contributed by atoms with E-state index < -0.39 is 20.0 Å². The van der Waals surface area contributed by atoms with Crippen LogP contribution in [0.1, 0.15) is 0 Å². The number of hydrazine groups is 1. The molecule has 0 amide bonds. The van der Waals surface area contributed by atoms with Crippen molar-refractivity contribution in [1.82, 2.24) is 3.82 Å². The van der Waals surface area contributed by atoms with Crippen LogP contribution in [0.3, 0.4) is 0 Å². The van der Waals surface area contributed by atoms with Crippen molar-refractivity contribution in [3.63, 3.8) is 0 Å². The van der Waals surface area contributed by atoms with Crippen LogP contribution in [0.2, 0.25) is 0 Å². The second-order valence-electron chi connectivity index (χ2n) is 1.75. The van der Waals surface area contributed by atoms with Crippen molar-refractivity contribution >= 4 is 20.0 Å². The molecule has 10 heavy (non-hydrogen) atoms. The fourth-order valence-corrected chi connectivity index (χ4v) is 2.21. The summed E-state index contributed by atoms with van der Waals surface area (Å²) >= 11 is 0. The van der Waals surface area contributed by atoms with Crippen molar-refractivity contribution in [2.75, 3.05) is 12.5 Å². The van der Waals surface area contributed by atoms with Crippen LogP contribution >= 0.6 is 0 Å². The highest BCUT2D eigenvalue weighted by Gasteiger charge is 2.21. The van der Waals surface area contributed by atoms with Crippen LogP contribution in [0.25, 0.3) is 0 Å². The molecule has 0 aromatic carbocycles. The predicted octanol–water partition coefficient (Wildman–Crippen LogP) is -1.92. The molecule has 0 rings (SSSR count). The monoisotopic (exact) mass is 188 g/mol. The Balaban J connectivity index is 4.94. The van der Waals surface area contributed by atoms with E-state index in [4.69, 9.17) is 0 Å². The third kappa shape index (κ3) is 2.60. The average molecular weight is 188 g/mol. The molecule has 6 nitrogen and oxygen atoms in total. The lowest BCUT2D eigenvalue weighted by molar-refractivity contribution is 0.514. The molecule has 0 heterocycles. The van der Waals surface area contributed by atoms with E-state index in [1.54, 1.807) is 0 Å². The van der Waals surface area contributed by atoms with Crippen LogP contribution in [0.4, 0.5) is 0 Å². The summed E-state index contributed by atoms with van der Waals surface area (Å²) in [6.45, 7) is 0. The van der Waals surface area contributed by atoms with Gasteiger partial charge >= 0.3 is 0 Å². The Labute approximate surface area is 59.7 Å². The third-order valence-electron chi connectivity index (χ3n) is 0.654. The lowest BCUT2D eigenvalue weighted by atomic mass is 12.0. The Morgan fingerprint density at radius 1 is 1.00 bits per heavy atom. The van der Waals surface area contributed by atoms with E-state index in [1.165, 1.54) is 0 Å². The van der Waals surface area contributed by atoms with Crippen molar-refractivity contribution < 1.29 is 16.8 Å². The number of sulfonamides is 2. The predicted molar refractivity (Wildman–Crippen MR) is 35.7 cm³/mol. The molecule has 0 aliphatic carbocycles. The maximum Gasteiger partial charge on any atom is 0.237 e. The summed E-state index contributed by atoms with van der Waals surface area (Å²) in [7, 11) is -7.67. The lowest BCUT2D eigenvalue weighted by Gasteiger charge is -2.08. The standard InChI is InChI=1S/C2H8N2O4S2/c1-9(5,6)4(3)10(2,7)8/h3H2,1-2H3. The van der Waals surface area contributed by atoms with E-state index in [1.807, 2.05) is 0 Å². The van der Waals surface area contributed by atoms with Gasteiger partial charge in [0, 0.05) is 0 Å². The molecule has 0 aromatic heterocycles. The van der Waals surface area contributed by atoms with Gasteiger partial charge in [-0.05, 0) is 3.82 Å². The second-order valence-corrected chi connectivity index (χ2v) is 5.70. The summed E-state index contributed by atoms with van der Waals surface area (Å²) in [5, 5.41) is 0. The van der Waals surface area contributed by atoms with Gasteiger partial charge in [-0.15, -0.1) is 0 Å². The van der Waals surface area contributed by atoms with E-state index >= 15 is 0 Å². The van der Waals surface area contributed by atoms with Gasteiger partial charge < -0.3 is 0 Å². The number of rotatable bonds is 2. The van der Waals surface area contributed by atoms with Gasteiger partial charge in [-0.2, -0.15) is 0 Å². The Bertz CT molecular complexity index is 268. The van der Waals surface area contributed by atoms with Crippen LogP contribution < -0.4 is 5.84 Å². The SMILES string of the molecule is CS(=O)(=O)N(N)S(C)(=O)=O. The van der Waals surface area contributed by atoms with Gasteiger partial charge in [0.25, 0.3) is 0 Å². The Hall–Kier alpha value is -0.180. The summed E-state index contributed by atoms with van der Waals surface area (Å²) in [4.78, 5) is 0. The summed E-state index contributed by atoms with van der Waals surface area (Å²) in [6, 6.07) is 0. The van der Waals surface area contributed by atoms with Crippen molar-refractivity contribution in [3.05, 3.63) is 0 Å². The minimum atomic E-state index is -3.84. The highest BCUT2D eigenvalue weighted by atomic mass is 32.3. The molecular formula is C2H8N2O4S2. The number of hydrogen-bond acceptors (Lipinski definition) is 5. The van der Waals surface area contributed by atoms with Gasteiger partial charge in [-0.1, -0.05) is 0 Å². The van der Waals surface area contributed by atoms with E-state index in [-0.39, 0.29) is 3.82 Å². The number of hydrogen-bond donors (Lipinski definition) is 1. The molecule has 0 aliphatic rings. The maximum atomic E-state index is 10.4. The first-order chi connectivity index (χ1) is 4.15. The van der Waals surface area contributed by atoms with Gasteiger partial charge in [-0.3, -0.25) is 0 Å². The minimum Gasteiger partial charge on any atom is -0.241 e. The average Bonchev–Trinajstić information content (AvgIpc) is 1.59. The van der Waals surface area contributed by atoms with Crippen LogP contribution in [-0.4, -0.2) is 33.2 Å². The zero-order valence-corrected chi connectivity index (χ0v) is 7.11. The Kier molecular flexibility index (Phi) is 2.41. The largest absolute Gasteiger partial charge is 0.241 e. The van der Waals surface area contributed by atoms with Crippen molar-refractivity contribution in [1.29, 1.82) is 0 Å². The summed E-state index contributed by atoms with van der Waals surface area (Å²) < 4.78 is 41.4. The summed E-state index contributed by atoms with van der Waals surface area (Å²) in [5.41, 5.74) is 0. The molecule has 0 spiro atoms. The smallest absolute Gasteiger partial charge is 0.237 e. The van der Waals surface area contributed by atoms with Crippen molar-refractivity contribution in [3.8, 4) is 0 Å². The van der Waals surface area contributed by atoms with Crippen LogP contribution in [0.15, 0.2) is 0 Å². The van der Waals surface area contributed by atoms with Crippen LogP contribution in [-0.2, 0) is 20.0 Å². The fraction of sp³-hybridized carbons (Fsp3) is 1.00. The quantitative estimate of drug-likeness (QED) is 0.402. The molecule has 0 saturated heterocycles. The molecule has 0 radical (unpaired) electrons. The molecule has 0 aromatic rings. The molecule has 0 fully saturated rings. The molecule has 62 valence electrons. The third-order valence-corrected chi connectivity index (χ3v) is 3.59. The normalized spacial score (nSPS) is 14.0. The van der Waals surface area contributed by atoms with E-state index in [2.05, 4.69) is 5.84 Å². The van der Waals surface area contributed by atoms with Gasteiger partial charge in [0.2, 0.25) is 20.0 Å². The molecule has 0 saturated carbocycles. The topological polar surface area (TPSA) is 97.5 Å². The van der Waals surface area contributed by atoms with Crippen LogP contribution in [0, 0.1) is 0 Å². The molecule has 2 N–H and O–H groups in total. The first kappa shape index (κ1) is 9.82. The molecular weight excluding hydrogens is 180 g/mol. The molecule has 8 heteroatoms. The van der Waals surface area contributed by atoms with E-state index in [0.717, 1.165) is 0 Å². The molecule has 0 bridgehead atoms. The van der Waals surface area contributed by atoms with Crippen LogP contribution in [0.5, 0.6) is 0 Å². The zero-order valence-electron chi connectivity index (χ0n) is 5.47. The Morgan fingerprint density at radius 2 is 1.20 bits per heavy atom. The first-order valence-corrected chi connectivity index (χ1v) is 5.80. The second kappa shape index (κ2) is 2.46. The first-order valence-electron chi connectivity index (χ1n) is 2.11. The lowest BCUT2D eigenvalue weighted by Crippen LogP contribution is -2.40. The zero-order chi connectivity index (χ0) is 8.58. The summed E-state index contributed by atoms with van der Waals surface area (Å²) in [5.74, 6) is 4.69. The van der Waals surface area contributed by atoms with Crippen molar-refractivity contribution in [2.45, 2.75) is 0 Å². The number of nitrogens with two attached hydrogens (primary N) is 1. The highest BCUT2D eigenvalue weighted by molar-refractivity contribution is 8.03. The fourth-order valence-electron chi connectivity index (χ4n) is 0.246. The van der Waals surface area contributed by atoms with Gasteiger partial charge in [0.15, 0.2) is 0 Å². The summed E-state index contributed by atoms with van der Waals surface area (Å²) in [6.07, 6.45) is 1.40. The van der Waals surface area contributed by atoms with Gasteiger partial charge in [0.05, 0.1) is 12.5 Å². The molecule has 0 unspecified atom stereocenters. The van der Waals surface area contributed by atoms with E-state index in [9.17, 15) is 16.8 Å². The van der Waals surface area contributed by atoms with Crippen molar-refractivity contribution in [2.24, 2.45) is 5.84 Å². The van der Waals surface area contributed by atoms with Gasteiger partial charge in [-0.25, -0.2) is 22.7 Å². The van der Waals surface area contributed by atoms with E-state index in [0.29, 0.717) is 12.5 Å². The van der Waals surface area contributed by atoms with Gasteiger partial charge in [0.1, 0.15) is 0 Å². The molecule has 0 aliphatic heterocycles. The number of nitrogens with zero attached hydrogens (tertiary/aromatic N) is 1. The maximum absolute atomic E-state index is 10.4. The minimum absolute atomic E-state index is 0.181. The highest BCUT2D eigenvalue weighted by Crippen LogP contribution is 1.95. The molecule has 0 atom stereocenters.